The van der Waals surface area contributed by atoms with Gasteiger partial charge in [-0.05, 0) is 44.5 Å². The number of benzene rings is 1. The lowest BCUT2D eigenvalue weighted by molar-refractivity contribution is 0.627. The van der Waals surface area contributed by atoms with Crippen molar-refractivity contribution < 1.29 is 4.39 Å². The molecule has 3 rings (SSSR count). The van der Waals surface area contributed by atoms with E-state index >= 15 is 0 Å². The first kappa shape index (κ1) is 15.9. The molecule has 0 aliphatic carbocycles. The number of azo groups is 1. The van der Waals surface area contributed by atoms with E-state index in [9.17, 15) is 4.39 Å². The molecule has 24 heavy (non-hydrogen) atoms. The molecule has 1 aromatic carbocycles. The zero-order valence-electron chi connectivity index (χ0n) is 13.7. The van der Waals surface area contributed by atoms with Gasteiger partial charge in [0.15, 0.2) is 5.82 Å². The smallest absolute Gasteiger partial charge is 0.216 e. The van der Waals surface area contributed by atoms with E-state index in [1.807, 2.05) is 26.8 Å². The zero-order valence-corrected chi connectivity index (χ0v) is 13.7. The molecular formula is C17H17FN6. The molecule has 0 aliphatic rings. The fraction of sp³-hybridized carbons (Fsp3) is 0.235. The Labute approximate surface area is 139 Å². The number of aromatic nitrogens is 4. The standard InChI is InChI=1S/C17H17FN6/c1-11-9-16(22-19-10-14-4-6-15(18)7-5-14)21-17(20-11)24-13(3)8-12(2)23-24/h4-9H,10H2,1-3H3. The average molecular weight is 324 g/mol. The van der Waals surface area contributed by atoms with E-state index in [0.29, 0.717) is 18.3 Å². The Balaban J connectivity index is 1.82. The molecule has 7 heteroatoms. The lowest BCUT2D eigenvalue weighted by Crippen LogP contribution is -2.05. The maximum Gasteiger partial charge on any atom is 0.253 e. The van der Waals surface area contributed by atoms with Gasteiger partial charge in [0.2, 0.25) is 0 Å². The van der Waals surface area contributed by atoms with Crippen molar-refractivity contribution in [3.8, 4) is 5.95 Å². The third-order valence-corrected chi connectivity index (χ3v) is 3.37. The van der Waals surface area contributed by atoms with Crippen LogP contribution in [0.25, 0.3) is 5.95 Å². The number of hydrogen-bond donors (Lipinski definition) is 0. The number of halogens is 1. The van der Waals surface area contributed by atoms with Crippen LogP contribution in [0, 0.1) is 26.6 Å². The number of nitrogens with zero attached hydrogens (tertiary/aromatic N) is 6. The summed E-state index contributed by atoms with van der Waals surface area (Å²) in [5.41, 5.74) is 3.51. The summed E-state index contributed by atoms with van der Waals surface area (Å²) in [6, 6.07) is 9.88. The van der Waals surface area contributed by atoms with E-state index < -0.39 is 0 Å². The van der Waals surface area contributed by atoms with E-state index in [1.165, 1.54) is 12.1 Å². The summed E-state index contributed by atoms with van der Waals surface area (Å²) in [6.45, 7) is 6.10. The minimum absolute atomic E-state index is 0.267. The van der Waals surface area contributed by atoms with Gasteiger partial charge in [0.05, 0.1) is 12.2 Å². The molecule has 0 spiro atoms. The molecule has 122 valence electrons. The SMILES string of the molecule is Cc1cc(N=NCc2ccc(F)cc2)nc(-n2nc(C)cc2C)n1. The van der Waals surface area contributed by atoms with Gasteiger partial charge in [-0.3, -0.25) is 0 Å². The van der Waals surface area contributed by atoms with Crippen LogP contribution < -0.4 is 0 Å². The highest BCUT2D eigenvalue weighted by atomic mass is 19.1. The first-order chi connectivity index (χ1) is 11.5. The summed E-state index contributed by atoms with van der Waals surface area (Å²) < 4.78 is 14.6. The van der Waals surface area contributed by atoms with Crippen LogP contribution in [0.1, 0.15) is 22.6 Å². The Morgan fingerprint density at radius 3 is 2.42 bits per heavy atom. The summed E-state index contributed by atoms with van der Waals surface area (Å²) in [7, 11) is 0. The van der Waals surface area contributed by atoms with Gasteiger partial charge in [0.1, 0.15) is 5.82 Å². The highest BCUT2D eigenvalue weighted by molar-refractivity contribution is 5.33. The minimum Gasteiger partial charge on any atom is -0.216 e. The molecule has 0 fully saturated rings. The van der Waals surface area contributed by atoms with Gasteiger partial charge in [-0.1, -0.05) is 12.1 Å². The molecule has 0 radical (unpaired) electrons. The van der Waals surface area contributed by atoms with Gasteiger partial charge >= 0.3 is 0 Å². The lowest BCUT2D eigenvalue weighted by Gasteiger charge is -2.04. The summed E-state index contributed by atoms with van der Waals surface area (Å²) in [5, 5.41) is 12.7. The second kappa shape index (κ2) is 6.66. The van der Waals surface area contributed by atoms with Gasteiger partial charge in [0, 0.05) is 17.5 Å². The Bertz CT molecular complexity index is 883. The normalized spacial score (nSPS) is 11.3. The van der Waals surface area contributed by atoms with Gasteiger partial charge in [-0.2, -0.15) is 15.2 Å². The van der Waals surface area contributed by atoms with Crippen LogP contribution in [0.3, 0.4) is 0 Å². The number of rotatable bonds is 4. The molecule has 0 atom stereocenters. The maximum absolute atomic E-state index is 12.9. The maximum atomic E-state index is 12.9. The Morgan fingerprint density at radius 2 is 1.75 bits per heavy atom. The number of aryl methyl sites for hydroxylation is 3. The second-order valence-electron chi connectivity index (χ2n) is 5.53. The van der Waals surface area contributed by atoms with E-state index in [4.69, 9.17) is 0 Å². The minimum atomic E-state index is -0.267. The van der Waals surface area contributed by atoms with Crippen molar-refractivity contribution in [1.29, 1.82) is 0 Å². The average Bonchev–Trinajstić information content (AvgIpc) is 2.87. The topological polar surface area (TPSA) is 68.3 Å². The van der Waals surface area contributed by atoms with Crippen molar-refractivity contribution in [2.75, 3.05) is 0 Å². The molecule has 0 amide bonds. The summed E-state index contributed by atoms with van der Waals surface area (Å²) >= 11 is 0. The van der Waals surface area contributed by atoms with Gasteiger partial charge in [0.25, 0.3) is 5.95 Å². The monoisotopic (exact) mass is 324 g/mol. The van der Waals surface area contributed by atoms with Crippen LogP contribution in [0.15, 0.2) is 46.6 Å². The van der Waals surface area contributed by atoms with Crippen LogP contribution >= 0.6 is 0 Å². The Morgan fingerprint density at radius 1 is 1.00 bits per heavy atom. The quantitative estimate of drug-likeness (QED) is 0.681. The molecule has 0 aliphatic heterocycles. The van der Waals surface area contributed by atoms with E-state index in [0.717, 1.165) is 22.6 Å². The highest BCUT2D eigenvalue weighted by Crippen LogP contribution is 2.15. The number of hydrogen-bond acceptors (Lipinski definition) is 5. The third-order valence-electron chi connectivity index (χ3n) is 3.37. The van der Waals surface area contributed by atoms with Crippen LogP contribution in [-0.2, 0) is 6.54 Å². The Kier molecular flexibility index (Phi) is 4.41. The van der Waals surface area contributed by atoms with E-state index in [-0.39, 0.29) is 5.82 Å². The second-order valence-corrected chi connectivity index (χ2v) is 5.53. The lowest BCUT2D eigenvalue weighted by atomic mass is 10.2. The molecule has 3 aromatic rings. The van der Waals surface area contributed by atoms with E-state index in [2.05, 4.69) is 25.3 Å². The van der Waals surface area contributed by atoms with Crippen molar-refractivity contribution in [2.24, 2.45) is 10.2 Å². The zero-order chi connectivity index (χ0) is 17.1. The largest absolute Gasteiger partial charge is 0.253 e. The molecule has 6 nitrogen and oxygen atoms in total. The molecular weight excluding hydrogens is 307 g/mol. The van der Waals surface area contributed by atoms with Crippen molar-refractivity contribution in [3.63, 3.8) is 0 Å². The predicted molar refractivity (Wildman–Crippen MR) is 88.0 cm³/mol. The molecule has 0 saturated carbocycles. The van der Waals surface area contributed by atoms with Crippen LogP contribution in [0.5, 0.6) is 0 Å². The first-order valence-electron chi connectivity index (χ1n) is 7.52. The molecule has 0 unspecified atom stereocenters. The molecule has 2 heterocycles. The van der Waals surface area contributed by atoms with Crippen molar-refractivity contribution in [2.45, 2.75) is 27.3 Å². The van der Waals surface area contributed by atoms with Crippen LogP contribution in [-0.4, -0.2) is 19.7 Å². The molecule has 0 N–H and O–H groups in total. The van der Waals surface area contributed by atoms with E-state index in [1.54, 1.807) is 22.9 Å². The van der Waals surface area contributed by atoms with Crippen LogP contribution in [0.4, 0.5) is 10.2 Å². The van der Waals surface area contributed by atoms with Crippen molar-refractivity contribution in [3.05, 3.63) is 64.9 Å². The molecule has 2 aromatic heterocycles. The van der Waals surface area contributed by atoms with Gasteiger partial charge in [-0.25, -0.2) is 14.1 Å². The van der Waals surface area contributed by atoms with Crippen molar-refractivity contribution >= 4 is 5.82 Å². The fourth-order valence-electron chi connectivity index (χ4n) is 2.29. The van der Waals surface area contributed by atoms with Gasteiger partial charge in [-0.15, -0.1) is 5.11 Å². The molecule has 0 bridgehead atoms. The summed E-state index contributed by atoms with van der Waals surface area (Å²) in [5.74, 6) is 0.667. The van der Waals surface area contributed by atoms with Crippen molar-refractivity contribution in [1.82, 2.24) is 19.7 Å². The van der Waals surface area contributed by atoms with Gasteiger partial charge < -0.3 is 0 Å². The Hall–Kier alpha value is -2.96. The third kappa shape index (κ3) is 3.68. The predicted octanol–water partition coefficient (Wildman–Crippen LogP) is 4.01. The fourth-order valence-corrected chi connectivity index (χ4v) is 2.29. The summed E-state index contributed by atoms with van der Waals surface area (Å²) in [6.07, 6.45) is 0. The summed E-state index contributed by atoms with van der Waals surface area (Å²) in [4.78, 5) is 8.79. The van der Waals surface area contributed by atoms with Crippen LogP contribution in [0.2, 0.25) is 0 Å². The molecule has 0 saturated heterocycles. The first-order valence-corrected chi connectivity index (χ1v) is 7.52. The highest BCUT2D eigenvalue weighted by Gasteiger charge is 2.08.